The normalized spacial score (nSPS) is 9.59. The lowest BCUT2D eigenvalue weighted by Gasteiger charge is -2.05. The zero-order valence-electron chi connectivity index (χ0n) is 9.56. The summed E-state index contributed by atoms with van der Waals surface area (Å²) in [7, 11) is 0. The molecule has 0 atom stereocenters. The maximum Gasteiger partial charge on any atom is 0.0346 e. The molecule has 2 nitrogen and oxygen atoms in total. The van der Waals surface area contributed by atoms with Gasteiger partial charge in [0, 0.05) is 31.0 Å². The van der Waals surface area contributed by atoms with E-state index in [0.29, 0.717) is 0 Å². The van der Waals surface area contributed by atoms with Crippen molar-refractivity contribution < 1.29 is 0 Å². The zero-order chi connectivity index (χ0) is 11.9. The van der Waals surface area contributed by atoms with Crippen LogP contribution in [0.4, 0.5) is 5.69 Å². The van der Waals surface area contributed by atoms with Crippen molar-refractivity contribution in [2.24, 2.45) is 0 Å². The van der Waals surface area contributed by atoms with Gasteiger partial charge >= 0.3 is 0 Å². The topological polar surface area (TPSA) is 24.9 Å². The predicted octanol–water partition coefficient (Wildman–Crippen LogP) is 3.18. The minimum atomic E-state index is 0.740. The van der Waals surface area contributed by atoms with Crippen LogP contribution in [0.2, 0.25) is 0 Å². The molecule has 1 aromatic heterocycles. The first-order valence-electron chi connectivity index (χ1n) is 5.58. The average molecular weight is 222 g/mol. The third-order valence-corrected chi connectivity index (χ3v) is 2.48. The van der Waals surface area contributed by atoms with E-state index in [1.165, 1.54) is 5.56 Å². The van der Waals surface area contributed by atoms with Gasteiger partial charge in [0.1, 0.15) is 0 Å². The van der Waals surface area contributed by atoms with Crippen molar-refractivity contribution in [2.45, 2.75) is 6.42 Å². The molecule has 0 unspecified atom stereocenters. The van der Waals surface area contributed by atoms with Gasteiger partial charge in [-0.1, -0.05) is 18.2 Å². The molecule has 0 aliphatic rings. The van der Waals surface area contributed by atoms with Crippen molar-refractivity contribution in [3.05, 3.63) is 48.8 Å². The van der Waals surface area contributed by atoms with Gasteiger partial charge in [-0.05, 0) is 29.3 Å². The van der Waals surface area contributed by atoms with E-state index in [4.69, 9.17) is 6.42 Å². The minimum Gasteiger partial charge on any atom is -0.384 e. The molecule has 84 valence electrons. The third kappa shape index (κ3) is 3.09. The number of aromatic nitrogens is 1. The second-order valence-corrected chi connectivity index (χ2v) is 3.70. The summed E-state index contributed by atoms with van der Waals surface area (Å²) in [4.78, 5) is 4.11. The molecule has 1 heterocycles. The molecule has 1 N–H and O–H groups in total. The number of nitrogens with zero attached hydrogens (tertiary/aromatic N) is 1. The van der Waals surface area contributed by atoms with E-state index in [0.717, 1.165) is 24.2 Å². The number of pyridine rings is 1. The number of rotatable bonds is 4. The fraction of sp³-hybridized carbons (Fsp3) is 0.133. The highest BCUT2D eigenvalue weighted by atomic mass is 14.9. The van der Waals surface area contributed by atoms with Gasteiger partial charge in [-0.2, -0.15) is 0 Å². The second kappa shape index (κ2) is 5.72. The van der Waals surface area contributed by atoms with Gasteiger partial charge in [0.2, 0.25) is 0 Å². The Bertz CT molecular complexity index is 495. The van der Waals surface area contributed by atoms with Crippen LogP contribution in [0.5, 0.6) is 0 Å². The first-order chi connectivity index (χ1) is 8.40. The molecule has 0 radical (unpaired) electrons. The van der Waals surface area contributed by atoms with Gasteiger partial charge < -0.3 is 5.32 Å². The van der Waals surface area contributed by atoms with Crippen LogP contribution in [0, 0.1) is 12.3 Å². The Morgan fingerprint density at radius 3 is 2.59 bits per heavy atom. The lowest BCUT2D eigenvalue weighted by Crippen LogP contribution is -1.99. The molecule has 17 heavy (non-hydrogen) atoms. The van der Waals surface area contributed by atoms with E-state index in [9.17, 15) is 0 Å². The van der Waals surface area contributed by atoms with Crippen molar-refractivity contribution in [2.75, 3.05) is 11.9 Å². The van der Waals surface area contributed by atoms with Gasteiger partial charge in [-0.3, -0.25) is 4.98 Å². The number of benzene rings is 1. The molecular weight excluding hydrogens is 208 g/mol. The van der Waals surface area contributed by atoms with E-state index < -0.39 is 0 Å². The van der Waals surface area contributed by atoms with Crippen molar-refractivity contribution in [3.8, 4) is 23.5 Å². The van der Waals surface area contributed by atoms with E-state index in [1.54, 1.807) is 6.20 Å². The van der Waals surface area contributed by atoms with E-state index in [2.05, 4.69) is 40.5 Å². The molecule has 1 aromatic carbocycles. The van der Waals surface area contributed by atoms with Crippen LogP contribution in [0.15, 0.2) is 48.8 Å². The highest BCUT2D eigenvalue weighted by Gasteiger charge is 1.97. The number of anilines is 1. The monoisotopic (exact) mass is 222 g/mol. The summed E-state index contributed by atoms with van der Waals surface area (Å²) in [6, 6.07) is 12.3. The summed E-state index contributed by atoms with van der Waals surface area (Å²) in [5, 5.41) is 3.27. The fourth-order valence-electron chi connectivity index (χ4n) is 1.59. The smallest absolute Gasteiger partial charge is 0.0346 e. The molecule has 0 fully saturated rings. The van der Waals surface area contributed by atoms with Crippen LogP contribution in [0.3, 0.4) is 0 Å². The van der Waals surface area contributed by atoms with Crippen LogP contribution in [-0.4, -0.2) is 11.5 Å². The number of hydrogen-bond donors (Lipinski definition) is 1. The second-order valence-electron chi connectivity index (χ2n) is 3.70. The maximum atomic E-state index is 5.20. The molecule has 2 rings (SSSR count). The van der Waals surface area contributed by atoms with Crippen LogP contribution in [0.25, 0.3) is 11.1 Å². The molecular formula is C15H14N2. The summed E-state index contributed by atoms with van der Waals surface area (Å²) >= 11 is 0. The van der Waals surface area contributed by atoms with E-state index in [1.807, 2.05) is 18.3 Å². The van der Waals surface area contributed by atoms with Crippen LogP contribution >= 0.6 is 0 Å². The van der Waals surface area contributed by atoms with Crippen molar-refractivity contribution >= 4 is 5.69 Å². The lowest BCUT2D eigenvalue weighted by molar-refractivity contribution is 1.10. The minimum absolute atomic E-state index is 0.740. The lowest BCUT2D eigenvalue weighted by atomic mass is 10.1. The molecule has 2 heteroatoms. The Hall–Kier alpha value is -2.27. The highest BCUT2D eigenvalue weighted by Crippen LogP contribution is 2.20. The van der Waals surface area contributed by atoms with Crippen LogP contribution in [0.1, 0.15) is 6.42 Å². The molecule has 0 aliphatic heterocycles. The summed E-state index contributed by atoms with van der Waals surface area (Å²) in [6.45, 7) is 0.808. The van der Waals surface area contributed by atoms with E-state index in [-0.39, 0.29) is 0 Å². The van der Waals surface area contributed by atoms with Crippen molar-refractivity contribution in [3.63, 3.8) is 0 Å². The summed E-state index contributed by atoms with van der Waals surface area (Å²) in [5.74, 6) is 2.60. The standard InChI is InChI=1S/C15H14N2/c1-2-3-11-17-15-8-6-13(7-9-15)14-5-4-10-16-12-14/h1,4-10,12,17H,3,11H2. The quantitative estimate of drug-likeness (QED) is 0.634. The largest absolute Gasteiger partial charge is 0.384 e. The van der Waals surface area contributed by atoms with Crippen molar-refractivity contribution in [1.29, 1.82) is 0 Å². The summed E-state index contributed by atoms with van der Waals surface area (Å²) in [6.07, 6.45) is 9.58. The first kappa shape index (κ1) is 11.2. The maximum absolute atomic E-state index is 5.20. The first-order valence-corrected chi connectivity index (χ1v) is 5.58. The van der Waals surface area contributed by atoms with E-state index >= 15 is 0 Å². The Morgan fingerprint density at radius 2 is 1.94 bits per heavy atom. The third-order valence-electron chi connectivity index (χ3n) is 2.48. The van der Waals surface area contributed by atoms with Crippen molar-refractivity contribution in [1.82, 2.24) is 4.98 Å². The zero-order valence-corrected chi connectivity index (χ0v) is 9.56. The van der Waals surface area contributed by atoms with Gasteiger partial charge in [-0.25, -0.2) is 0 Å². The van der Waals surface area contributed by atoms with Gasteiger partial charge in [0.15, 0.2) is 0 Å². The Morgan fingerprint density at radius 1 is 1.12 bits per heavy atom. The summed E-state index contributed by atoms with van der Waals surface area (Å²) in [5.41, 5.74) is 3.39. The molecule has 0 aliphatic carbocycles. The van der Waals surface area contributed by atoms with Crippen LogP contribution < -0.4 is 5.32 Å². The summed E-state index contributed by atoms with van der Waals surface area (Å²) < 4.78 is 0. The van der Waals surface area contributed by atoms with Gasteiger partial charge in [0.25, 0.3) is 0 Å². The SMILES string of the molecule is C#CCCNc1ccc(-c2cccnc2)cc1. The Balaban J connectivity index is 2.06. The number of nitrogens with one attached hydrogen (secondary N) is 1. The molecule has 0 amide bonds. The molecule has 2 aromatic rings. The highest BCUT2D eigenvalue weighted by molar-refractivity contribution is 5.65. The molecule has 0 saturated heterocycles. The van der Waals surface area contributed by atoms with Gasteiger partial charge in [-0.15, -0.1) is 12.3 Å². The van der Waals surface area contributed by atoms with Crippen LogP contribution in [-0.2, 0) is 0 Å². The fourth-order valence-corrected chi connectivity index (χ4v) is 1.59. The number of hydrogen-bond acceptors (Lipinski definition) is 2. The average Bonchev–Trinajstić information content (AvgIpc) is 2.41. The molecule has 0 saturated carbocycles. The molecule has 0 spiro atoms. The predicted molar refractivity (Wildman–Crippen MR) is 71.6 cm³/mol. The number of terminal acetylenes is 1. The van der Waals surface area contributed by atoms with Gasteiger partial charge in [0.05, 0.1) is 0 Å². The Labute approximate surface area is 102 Å². The Kier molecular flexibility index (Phi) is 3.77. The molecule has 0 bridgehead atoms.